The fraction of sp³-hybridized carbons (Fsp3) is 0.455. The summed E-state index contributed by atoms with van der Waals surface area (Å²) in [5.41, 5.74) is 1.37. The maximum Gasteiger partial charge on any atom is 0.0207 e. The van der Waals surface area contributed by atoms with Crippen LogP contribution in [-0.2, 0) is 6.42 Å². The molecule has 72 valence electrons. The monoisotopic (exact) mass is 241 g/mol. The molecule has 0 aromatic heterocycles. The van der Waals surface area contributed by atoms with Crippen LogP contribution in [0.5, 0.6) is 0 Å². The molecular formula is C11H16BrN. The van der Waals surface area contributed by atoms with E-state index in [4.69, 9.17) is 0 Å². The van der Waals surface area contributed by atoms with Gasteiger partial charge in [0.15, 0.2) is 0 Å². The van der Waals surface area contributed by atoms with Crippen LogP contribution in [-0.4, -0.2) is 12.6 Å². The number of hydrogen-bond acceptors (Lipinski definition) is 1. The highest BCUT2D eigenvalue weighted by Crippen LogP contribution is 2.15. The van der Waals surface area contributed by atoms with E-state index in [0.29, 0.717) is 6.04 Å². The smallest absolute Gasteiger partial charge is 0.0207 e. The van der Waals surface area contributed by atoms with Crippen LogP contribution in [0.25, 0.3) is 0 Å². The summed E-state index contributed by atoms with van der Waals surface area (Å²) in [5.74, 6) is 0. The Hall–Kier alpha value is -0.340. The van der Waals surface area contributed by atoms with Crippen LogP contribution in [0.15, 0.2) is 28.7 Å². The van der Waals surface area contributed by atoms with E-state index in [0.717, 1.165) is 13.0 Å². The van der Waals surface area contributed by atoms with Gasteiger partial charge in [0, 0.05) is 10.5 Å². The molecule has 0 atom stereocenters. The number of benzene rings is 1. The standard InChI is InChI=1S/C11H16BrN/c1-9(2)13-8-7-10-5-3-4-6-11(10)12/h3-6,9,13H,7-8H2,1-2H3. The minimum Gasteiger partial charge on any atom is -0.314 e. The molecule has 1 nitrogen and oxygen atoms in total. The summed E-state index contributed by atoms with van der Waals surface area (Å²) in [6.45, 7) is 5.38. The summed E-state index contributed by atoms with van der Waals surface area (Å²) >= 11 is 3.54. The summed E-state index contributed by atoms with van der Waals surface area (Å²) in [4.78, 5) is 0. The molecule has 0 aliphatic heterocycles. The second-order valence-corrected chi connectivity index (χ2v) is 4.30. The molecule has 1 N–H and O–H groups in total. The van der Waals surface area contributed by atoms with Gasteiger partial charge in [-0.15, -0.1) is 0 Å². The Balaban J connectivity index is 2.41. The van der Waals surface area contributed by atoms with E-state index in [9.17, 15) is 0 Å². The molecule has 0 radical (unpaired) electrons. The predicted molar refractivity (Wildman–Crippen MR) is 61.0 cm³/mol. The summed E-state index contributed by atoms with van der Waals surface area (Å²) in [5, 5.41) is 3.40. The Morgan fingerprint density at radius 2 is 2.00 bits per heavy atom. The normalized spacial score (nSPS) is 10.8. The molecule has 0 aliphatic carbocycles. The van der Waals surface area contributed by atoms with E-state index in [2.05, 4.69) is 53.3 Å². The lowest BCUT2D eigenvalue weighted by Gasteiger charge is -2.08. The molecule has 0 amide bonds. The fourth-order valence-corrected chi connectivity index (χ4v) is 1.68. The van der Waals surface area contributed by atoms with Crippen molar-refractivity contribution in [3.63, 3.8) is 0 Å². The van der Waals surface area contributed by atoms with Gasteiger partial charge < -0.3 is 5.32 Å². The first-order chi connectivity index (χ1) is 6.20. The molecule has 0 spiro atoms. The predicted octanol–water partition coefficient (Wildman–Crippen LogP) is 2.99. The second kappa shape index (κ2) is 5.40. The van der Waals surface area contributed by atoms with Gasteiger partial charge in [0.1, 0.15) is 0 Å². The zero-order valence-corrected chi connectivity index (χ0v) is 9.76. The Morgan fingerprint density at radius 1 is 1.31 bits per heavy atom. The molecule has 2 heteroatoms. The zero-order chi connectivity index (χ0) is 9.68. The molecule has 0 bridgehead atoms. The SMILES string of the molecule is CC(C)NCCc1ccccc1Br. The summed E-state index contributed by atoms with van der Waals surface area (Å²) in [7, 11) is 0. The summed E-state index contributed by atoms with van der Waals surface area (Å²) in [6.07, 6.45) is 1.08. The van der Waals surface area contributed by atoms with Crippen LogP contribution < -0.4 is 5.32 Å². The Kier molecular flexibility index (Phi) is 4.46. The van der Waals surface area contributed by atoms with Crippen molar-refractivity contribution in [3.05, 3.63) is 34.3 Å². The van der Waals surface area contributed by atoms with E-state index in [1.165, 1.54) is 10.0 Å². The van der Waals surface area contributed by atoms with Gasteiger partial charge >= 0.3 is 0 Å². The van der Waals surface area contributed by atoms with Gasteiger partial charge in [-0.05, 0) is 24.6 Å². The molecule has 0 saturated heterocycles. The highest BCUT2D eigenvalue weighted by molar-refractivity contribution is 9.10. The molecule has 1 rings (SSSR count). The van der Waals surface area contributed by atoms with E-state index >= 15 is 0 Å². The second-order valence-electron chi connectivity index (χ2n) is 3.45. The van der Waals surface area contributed by atoms with Crippen LogP contribution in [0.4, 0.5) is 0 Å². The Labute approximate surface area is 88.7 Å². The Morgan fingerprint density at radius 3 is 2.62 bits per heavy atom. The van der Waals surface area contributed by atoms with E-state index in [1.54, 1.807) is 0 Å². The first-order valence-electron chi connectivity index (χ1n) is 4.67. The van der Waals surface area contributed by atoms with Crippen LogP contribution in [0, 0.1) is 0 Å². The first kappa shape index (κ1) is 10.7. The average Bonchev–Trinajstić information content (AvgIpc) is 2.08. The van der Waals surface area contributed by atoms with Gasteiger partial charge in [-0.1, -0.05) is 48.0 Å². The maximum absolute atomic E-state index is 3.54. The quantitative estimate of drug-likeness (QED) is 0.855. The third kappa shape index (κ3) is 3.92. The topological polar surface area (TPSA) is 12.0 Å². The van der Waals surface area contributed by atoms with E-state index < -0.39 is 0 Å². The minimum absolute atomic E-state index is 0.572. The van der Waals surface area contributed by atoms with Gasteiger partial charge in [0.05, 0.1) is 0 Å². The lowest BCUT2D eigenvalue weighted by atomic mass is 10.1. The van der Waals surface area contributed by atoms with Crippen molar-refractivity contribution in [2.75, 3.05) is 6.54 Å². The highest BCUT2D eigenvalue weighted by Gasteiger charge is 1.98. The summed E-state index contributed by atoms with van der Waals surface area (Å²) in [6, 6.07) is 8.94. The van der Waals surface area contributed by atoms with Gasteiger partial charge in [-0.3, -0.25) is 0 Å². The van der Waals surface area contributed by atoms with Crippen LogP contribution in [0.1, 0.15) is 19.4 Å². The van der Waals surface area contributed by atoms with Crippen molar-refractivity contribution in [2.45, 2.75) is 26.3 Å². The van der Waals surface area contributed by atoms with Crippen LogP contribution in [0.3, 0.4) is 0 Å². The molecule has 13 heavy (non-hydrogen) atoms. The number of hydrogen-bond donors (Lipinski definition) is 1. The van der Waals surface area contributed by atoms with Gasteiger partial charge in [0.2, 0.25) is 0 Å². The molecular weight excluding hydrogens is 226 g/mol. The van der Waals surface area contributed by atoms with Crippen molar-refractivity contribution in [1.29, 1.82) is 0 Å². The third-order valence-corrected chi connectivity index (χ3v) is 2.68. The lowest BCUT2D eigenvalue weighted by molar-refractivity contribution is 0.590. The third-order valence-electron chi connectivity index (χ3n) is 1.90. The van der Waals surface area contributed by atoms with Crippen molar-refractivity contribution in [2.24, 2.45) is 0 Å². The largest absolute Gasteiger partial charge is 0.314 e. The molecule has 0 heterocycles. The minimum atomic E-state index is 0.572. The van der Waals surface area contributed by atoms with Crippen molar-refractivity contribution in [3.8, 4) is 0 Å². The molecule has 0 aliphatic rings. The first-order valence-corrected chi connectivity index (χ1v) is 5.46. The van der Waals surface area contributed by atoms with Crippen LogP contribution in [0.2, 0.25) is 0 Å². The van der Waals surface area contributed by atoms with E-state index in [1.807, 2.05) is 6.07 Å². The molecule has 1 aromatic rings. The highest BCUT2D eigenvalue weighted by atomic mass is 79.9. The number of halogens is 1. The van der Waals surface area contributed by atoms with Crippen molar-refractivity contribution < 1.29 is 0 Å². The average molecular weight is 242 g/mol. The summed E-state index contributed by atoms with van der Waals surface area (Å²) < 4.78 is 1.21. The fourth-order valence-electron chi connectivity index (χ4n) is 1.20. The zero-order valence-electron chi connectivity index (χ0n) is 8.18. The molecule has 0 fully saturated rings. The lowest BCUT2D eigenvalue weighted by Crippen LogP contribution is -2.24. The number of rotatable bonds is 4. The van der Waals surface area contributed by atoms with Crippen LogP contribution >= 0.6 is 15.9 Å². The number of nitrogens with one attached hydrogen (secondary N) is 1. The van der Waals surface area contributed by atoms with Gasteiger partial charge in [-0.25, -0.2) is 0 Å². The Bertz CT molecular complexity index is 258. The van der Waals surface area contributed by atoms with Gasteiger partial charge in [-0.2, -0.15) is 0 Å². The molecule has 0 unspecified atom stereocenters. The van der Waals surface area contributed by atoms with E-state index in [-0.39, 0.29) is 0 Å². The molecule has 1 aromatic carbocycles. The van der Waals surface area contributed by atoms with Crippen molar-refractivity contribution >= 4 is 15.9 Å². The molecule has 0 saturated carbocycles. The maximum atomic E-state index is 3.54. The van der Waals surface area contributed by atoms with Crippen molar-refractivity contribution in [1.82, 2.24) is 5.32 Å². The van der Waals surface area contributed by atoms with Gasteiger partial charge in [0.25, 0.3) is 0 Å².